The minimum Gasteiger partial charge on any atom is -0.450 e. The first kappa shape index (κ1) is 15.2. The van der Waals surface area contributed by atoms with Gasteiger partial charge in [0.2, 0.25) is 5.78 Å². The van der Waals surface area contributed by atoms with E-state index in [9.17, 15) is 9.59 Å². The fraction of sp³-hybridized carbons (Fsp3) is 0.111. The average Bonchev–Trinajstić information content (AvgIpc) is 3.25. The van der Waals surface area contributed by atoms with E-state index >= 15 is 0 Å². The van der Waals surface area contributed by atoms with Gasteiger partial charge in [-0.15, -0.1) is 11.3 Å². The van der Waals surface area contributed by atoms with Gasteiger partial charge >= 0.3 is 5.97 Å². The van der Waals surface area contributed by atoms with Crippen LogP contribution in [0.15, 0.2) is 66.3 Å². The summed E-state index contributed by atoms with van der Waals surface area (Å²) >= 11 is 1.30. The number of rotatable bonds is 5. The Morgan fingerprint density at radius 1 is 1.04 bits per heavy atom. The maximum atomic E-state index is 12.4. The van der Waals surface area contributed by atoms with E-state index in [4.69, 9.17) is 4.74 Å². The summed E-state index contributed by atoms with van der Waals surface area (Å²) in [4.78, 5) is 25.2. The van der Waals surface area contributed by atoms with Gasteiger partial charge in [0.1, 0.15) is 4.88 Å². The Hall–Kier alpha value is -2.66. The number of carbonyl (C=O) groups excluding carboxylic acids is 2. The molecular weight excluding hydrogens is 310 g/mol. The Morgan fingerprint density at radius 2 is 1.74 bits per heavy atom. The normalized spacial score (nSPS) is 11.9. The Kier molecular flexibility index (Phi) is 4.39. The number of nitrogens with zero attached hydrogens (tertiary/aromatic N) is 1. The van der Waals surface area contributed by atoms with Crippen LogP contribution in [-0.4, -0.2) is 22.4 Å². The summed E-state index contributed by atoms with van der Waals surface area (Å²) in [6, 6.07) is 14.4. The molecule has 2 heterocycles. The van der Waals surface area contributed by atoms with Crippen LogP contribution in [0.25, 0.3) is 5.69 Å². The van der Waals surface area contributed by atoms with Crippen molar-refractivity contribution in [1.82, 2.24) is 4.57 Å². The number of aromatic nitrogens is 1. The number of benzene rings is 1. The molecule has 3 rings (SSSR count). The van der Waals surface area contributed by atoms with E-state index in [0.717, 1.165) is 5.69 Å². The monoisotopic (exact) mass is 325 g/mol. The second-order valence-corrected chi connectivity index (χ2v) is 5.92. The van der Waals surface area contributed by atoms with Crippen molar-refractivity contribution in [2.24, 2.45) is 0 Å². The molecular formula is C18H15NO3S. The molecule has 0 saturated carbocycles. The van der Waals surface area contributed by atoms with Gasteiger partial charge in [0, 0.05) is 18.0 Å². The van der Waals surface area contributed by atoms with Crippen LogP contribution < -0.4 is 0 Å². The summed E-state index contributed by atoms with van der Waals surface area (Å²) in [6.07, 6.45) is 2.89. The third-order valence-corrected chi connectivity index (χ3v) is 4.31. The Morgan fingerprint density at radius 3 is 2.43 bits per heavy atom. The molecule has 1 unspecified atom stereocenters. The highest BCUT2D eigenvalue weighted by atomic mass is 32.1. The molecule has 0 spiro atoms. The lowest BCUT2D eigenvalue weighted by molar-refractivity contribution is 0.0323. The molecule has 0 aliphatic heterocycles. The number of thiophene rings is 1. The van der Waals surface area contributed by atoms with Crippen LogP contribution in [0.5, 0.6) is 0 Å². The van der Waals surface area contributed by atoms with Crippen molar-refractivity contribution in [3.63, 3.8) is 0 Å². The van der Waals surface area contributed by atoms with Gasteiger partial charge in [-0.05, 0) is 30.5 Å². The third kappa shape index (κ3) is 3.24. The van der Waals surface area contributed by atoms with Gasteiger partial charge in [0.15, 0.2) is 6.10 Å². The summed E-state index contributed by atoms with van der Waals surface area (Å²) in [5, 5.41) is 1.83. The number of carbonyl (C=O) groups is 2. The molecule has 0 saturated heterocycles. The molecule has 0 amide bonds. The molecule has 3 aromatic rings. The Bertz CT molecular complexity index is 806. The zero-order valence-electron chi connectivity index (χ0n) is 12.5. The summed E-state index contributed by atoms with van der Waals surface area (Å²) in [7, 11) is 0. The fourth-order valence-corrected chi connectivity index (χ4v) is 3.03. The van der Waals surface area contributed by atoms with Crippen molar-refractivity contribution in [3.05, 3.63) is 76.7 Å². The van der Waals surface area contributed by atoms with Crippen LogP contribution >= 0.6 is 11.3 Å². The van der Waals surface area contributed by atoms with Gasteiger partial charge in [0.25, 0.3) is 0 Å². The smallest absolute Gasteiger partial charge is 0.351 e. The van der Waals surface area contributed by atoms with Crippen molar-refractivity contribution < 1.29 is 14.3 Å². The van der Waals surface area contributed by atoms with Crippen molar-refractivity contribution in [2.45, 2.75) is 13.0 Å². The highest BCUT2D eigenvalue weighted by molar-refractivity contribution is 7.12. The summed E-state index contributed by atoms with van der Waals surface area (Å²) in [6.45, 7) is 1.59. The van der Waals surface area contributed by atoms with Gasteiger partial charge in [-0.2, -0.15) is 0 Å². The molecule has 4 nitrogen and oxygen atoms in total. The van der Waals surface area contributed by atoms with Crippen LogP contribution in [0.3, 0.4) is 0 Å². The van der Waals surface area contributed by atoms with E-state index in [1.54, 1.807) is 31.2 Å². The predicted octanol–water partition coefficient (Wildman–Crippen LogP) is 3.97. The molecule has 116 valence electrons. The van der Waals surface area contributed by atoms with Crippen molar-refractivity contribution in [1.29, 1.82) is 0 Å². The van der Waals surface area contributed by atoms with Crippen molar-refractivity contribution >= 4 is 23.1 Å². The standard InChI is InChI=1S/C18H15NO3S/c1-13(16(20)14-7-3-2-4-8-14)22-18(21)17-15(9-12-23-17)19-10-5-6-11-19/h2-13H,1H3. The molecule has 0 aliphatic rings. The van der Waals surface area contributed by atoms with E-state index < -0.39 is 12.1 Å². The van der Waals surface area contributed by atoms with E-state index in [1.165, 1.54) is 11.3 Å². The topological polar surface area (TPSA) is 48.3 Å². The Labute approximate surface area is 138 Å². The fourth-order valence-electron chi connectivity index (χ4n) is 2.26. The first-order chi connectivity index (χ1) is 11.2. The molecule has 0 fully saturated rings. The number of ketones is 1. The largest absolute Gasteiger partial charge is 0.450 e. The molecule has 0 radical (unpaired) electrons. The Balaban J connectivity index is 1.75. The lowest BCUT2D eigenvalue weighted by Gasteiger charge is -2.12. The minimum atomic E-state index is -0.829. The van der Waals surface area contributed by atoms with E-state index in [-0.39, 0.29) is 5.78 Å². The number of ether oxygens (including phenoxy) is 1. The predicted molar refractivity (Wildman–Crippen MR) is 89.3 cm³/mol. The number of hydrogen-bond acceptors (Lipinski definition) is 4. The van der Waals surface area contributed by atoms with Gasteiger partial charge in [-0.1, -0.05) is 30.3 Å². The number of esters is 1. The third-order valence-electron chi connectivity index (χ3n) is 3.42. The first-order valence-corrected chi connectivity index (χ1v) is 8.06. The second-order valence-electron chi connectivity index (χ2n) is 5.00. The molecule has 23 heavy (non-hydrogen) atoms. The van der Waals surface area contributed by atoms with Crippen molar-refractivity contribution in [2.75, 3.05) is 0 Å². The zero-order chi connectivity index (χ0) is 16.2. The van der Waals surface area contributed by atoms with E-state index in [1.807, 2.05) is 46.6 Å². The van der Waals surface area contributed by atoms with Crippen LogP contribution in [0.4, 0.5) is 0 Å². The van der Waals surface area contributed by atoms with Crippen LogP contribution in [0.1, 0.15) is 27.0 Å². The van der Waals surface area contributed by atoms with Gasteiger partial charge in [0.05, 0.1) is 5.69 Å². The quantitative estimate of drug-likeness (QED) is 0.527. The number of Topliss-reactive ketones (excluding diaryl/α,β-unsaturated/α-hetero) is 1. The highest BCUT2D eigenvalue weighted by Gasteiger charge is 2.23. The van der Waals surface area contributed by atoms with E-state index in [0.29, 0.717) is 10.4 Å². The molecule has 1 atom stereocenters. The minimum absolute atomic E-state index is 0.210. The van der Waals surface area contributed by atoms with Crippen LogP contribution in [0, 0.1) is 0 Å². The lowest BCUT2D eigenvalue weighted by atomic mass is 10.1. The molecule has 1 aromatic carbocycles. The second kappa shape index (κ2) is 6.62. The van der Waals surface area contributed by atoms with Crippen molar-refractivity contribution in [3.8, 4) is 5.69 Å². The van der Waals surface area contributed by atoms with Gasteiger partial charge < -0.3 is 9.30 Å². The summed E-state index contributed by atoms with van der Waals surface area (Å²) in [5.41, 5.74) is 1.29. The summed E-state index contributed by atoms with van der Waals surface area (Å²) < 4.78 is 7.20. The first-order valence-electron chi connectivity index (χ1n) is 7.18. The highest BCUT2D eigenvalue weighted by Crippen LogP contribution is 2.23. The number of hydrogen-bond donors (Lipinski definition) is 0. The average molecular weight is 325 g/mol. The summed E-state index contributed by atoms with van der Waals surface area (Å²) in [5.74, 6) is -0.696. The molecule has 0 bridgehead atoms. The lowest BCUT2D eigenvalue weighted by Crippen LogP contribution is -2.24. The van der Waals surface area contributed by atoms with Gasteiger partial charge in [-0.3, -0.25) is 4.79 Å². The molecule has 2 aromatic heterocycles. The van der Waals surface area contributed by atoms with Crippen LogP contribution in [0.2, 0.25) is 0 Å². The van der Waals surface area contributed by atoms with E-state index in [2.05, 4.69) is 0 Å². The maximum Gasteiger partial charge on any atom is 0.351 e. The zero-order valence-corrected chi connectivity index (χ0v) is 13.3. The molecule has 0 aliphatic carbocycles. The van der Waals surface area contributed by atoms with Crippen LogP contribution in [-0.2, 0) is 4.74 Å². The van der Waals surface area contributed by atoms with Gasteiger partial charge in [-0.25, -0.2) is 4.79 Å². The molecule has 0 N–H and O–H groups in total. The molecule has 5 heteroatoms. The maximum absolute atomic E-state index is 12.4. The SMILES string of the molecule is CC(OC(=O)c1sccc1-n1cccc1)C(=O)c1ccccc1.